The lowest BCUT2D eigenvalue weighted by atomic mass is 10.1. The van der Waals surface area contributed by atoms with Crippen molar-refractivity contribution in [2.24, 2.45) is 0 Å². The van der Waals surface area contributed by atoms with Gasteiger partial charge in [0.05, 0.1) is 5.56 Å². The second-order valence-electron chi connectivity index (χ2n) is 3.76. The zero-order chi connectivity index (χ0) is 14.8. The molecule has 1 aromatic heterocycles. The molecule has 104 valence electrons. The van der Waals surface area contributed by atoms with Crippen LogP contribution in [0.5, 0.6) is 0 Å². The predicted octanol–water partition coefficient (Wildman–Crippen LogP) is 3.40. The second kappa shape index (κ2) is 5.46. The summed E-state index contributed by atoms with van der Waals surface area (Å²) in [5.41, 5.74) is -0.744. The minimum Gasteiger partial charge on any atom is -0.306 e. The van der Waals surface area contributed by atoms with Gasteiger partial charge in [0.15, 0.2) is 0 Å². The first kappa shape index (κ1) is 14.3. The molecule has 4 nitrogen and oxygen atoms in total. The topological polar surface area (TPSA) is 54.9 Å². The number of anilines is 1. The normalized spacial score (nSPS) is 11.2. The molecule has 0 saturated heterocycles. The SMILES string of the molecule is O=C(Nc1cc(Cl)ncn1)c1ccc(C(F)(F)F)cc1. The third-order valence-electron chi connectivity index (χ3n) is 2.35. The van der Waals surface area contributed by atoms with Crippen LogP contribution in [0.4, 0.5) is 19.0 Å². The summed E-state index contributed by atoms with van der Waals surface area (Å²) in [7, 11) is 0. The minimum atomic E-state index is -4.44. The average molecular weight is 302 g/mol. The van der Waals surface area contributed by atoms with E-state index in [2.05, 4.69) is 15.3 Å². The Labute approximate surface area is 116 Å². The van der Waals surface area contributed by atoms with Gasteiger partial charge in [-0.05, 0) is 24.3 Å². The monoisotopic (exact) mass is 301 g/mol. The molecule has 0 saturated carbocycles. The van der Waals surface area contributed by atoms with E-state index in [1.807, 2.05) is 0 Å². The summed E-state index contributed by atoms with van der Waals surface area (Å²) in [4.78, 5) is 19.2. The van der Waals surface area contributed by atoms with Gasteiger partial charge < -0.3 is 5.32 Å². The summed E-state index contributed by atoms with van der Waals surface area (Å²) in [6.07, 6.45) is -3.28. The first-order valence-corrected chi connectivity index (χ1v) is 5.70. The van der Waals surface area contributed by atoms with Gasteiger partial charge >= 0.3 is 6.18 Å². The van der Waals surface area contributed by atoms with Gasteiger partial charge in [-0.3, -0.25) is 4.79 Å². The van der Waals surface area contributed by atoms with Crippen molar-refractivity contribution < 1.29 is 18.0 Å². The maximum atomic E-state index is 12.4. The highest BCUT2D eigenvalue weighted by molar-refractivity contribution is 6.29. The molecular weight excluding hydrogens is 295 g/mol. The molecule has 0 spiro atoms. The molecule has 2 rings (SSSR count). The fourth-order valence-corrected chi connectivity index (χ4v) is 1.55. The first-order valence-electron chi connectivity index (χ1n) is 5.32. The smallest absolute Gasteiger partial charge is 0.306 e. The van der Waals surface area contributed by atoms with Crippen LogP contribution >= 0.6 is 11.6 Å². The average Bonchev–Trinajstić information content (AvgIpc) is 2.38. The minimum absolute atomic E-state index is 0.0766. The van der Waals surface area contributed by atoms with Gasteiger partial charge in [-0.1, -0.05) is 11.6 Å². The van der Waals surface area contributed by atoms with E-state index >= 15 is 0 Å². The number of nitrogens with zero attached hydrogens (tertiary/aromatic N) is 2. The third kappa shape index (κ3) is 3.45. The lowest BCUT2D eigenvalue weighted by Gasteiger charge is -2.08. The number of alkyl halides is 3. The fourth-order valence-electron chi connectivity index (χ4n) is 1.40. The highest BCUT2D eigenvalue weighted by atomic mass is 35.5. The van der Waals surface area contributed by atoms with E-state index in [1.165, 1.54) is 6.07 Å². The molecule has 1 aromatic carbocycles. The van der Waals surface area contributed by atoms with Gasteiger partial charge in [0.25, 0.3) is 5.91 Å². The Hall–Kier alpha value is -2.15. The maximum absolute atomic E-state index is 12.4. The van der Waals surface area contributed by atoms with Crippen molar-refractivity contribution in [1.29, 1.82) is 0 Å². The summed E-state index contributed by atoms with van der Waals surface area (Å²) in [6, 6.07) is 5.16. The third-order valence-corrected chi connectivity index (χ3v) is 2.56. The first-order chi connectivity index (χ1) is 9.36. The van der Waals surface area contributed by atoms with Crippen LogP contribution in [0.25, 0.3) is 0 Å². The van der Waals surface area contributed by atoms with E-state index < -0.39 is 17.6 Å². The molecule has 0 bridgehead atoms. The summed E-state index contributed by atoms with van der Waals surface area (Å²) in [6.45, 7) is 0. The van der Waals surface area contributed by atoms with Crippen molar-refractivity contribution in [2.75, 3.05) is 5.32 Å². The van der Waals surface area contributed by atoms with E-state index in [9.17, 15) is 18.0 Å². The van der Waals surface area contributed by atoms with Gasteiger partial charge in [0.2, 0.25) is 0 Å². The van der Waals surface area contributed by atoms with E-state index in [-0.39, 0.29) is 16.5 Å². The Balaban J connectivity index is 2.14. The molecule has 8 heteroatoms. The standard InChI is InChI=1S/C12H7ClF3N3O/c13-9-5-10(18-6-17-9)19-11(20)7-1-3-8(4-2-7)12(14,15)16/h1-6H,(H,17,18,19,20). The fraction of sp³-hybridized carbons (Fsp3) is 0.0833. The second-order valence-corrected chi connectivity index (χ2v) is 4.14. The maximum Gasteiger partial charge on any atom is 0.416 e. The number of amides is 1. The predicted molar refractivity (Wildman–Crippen MR) is 66.4 cm³/mol. The molecule has 0 atom stereocenters. The summed E-state index contributed by atoms with van der Waals surface area (Å²) < 4.78 is 37.1. The van der Waals surface area contributed by atoms with E-state index in [4.69, 9.17) is 11.6 Å². The van der Waals surface area contributed by atoms with E-state index in [0.29, 0.717) is 0 Å². The van der Waals surface area contributed by atoms with Crippen LogP contribution in [0.1, 0.15) is 15.9 Å². The summed E-state index contributed by atoms with van der Waals surface area (Å²) in [5, 5.41) is 2.54. The van der Waals surface area contributed by atoms with Crippen molar-refractivity contribution in [3.05, 3.63) is 52.9 Å². The zero-order valence-electron chi connectivity index (χ0n) is 9.78. The highest BCUT2D eigenvalue weighted by Crippen LogP contribution is 2.29. The largest absolute Gasteiger partial charge is 0.416 e. The number of rotatable bonds is 2. The molecule has 0 unspecified atom stereocenters. The van der Waals surface area contributed by atoms with Crippen LogP contribution in [-0.2, 0) is 6.18 Å². The molecule has 2 aromatic rings. The van der Waals surface area contributed by atoms with Gasteiger partial charge in [-0.15, -0.1) is 0 Å². The quantitative estimate of drug-likeness (QED) is 0.865. The molecule has 0 aliphatic rings. The molecule has 1 N–H and O–H groups in total. The van der Waals surface area contributed by atoms with Crippen LogP contribution in [0, 0.1) is 0 Å². The van der Waals surface area contributed by atoms with E-state index in [1.54, 1.807) is 0 Å². The van der Waals surface area contributed by atoms with Crippen molar-refractivity contribution in [2.45, 2.75) is 6.18 Å². The Bertz CT molecular complexity index is 629. The number of hydrogen-bond acceptors (Lipinski definition) is 3. The number of carbonyl (C=O) groups is 1. The van der Waals surface area contributed by atoms with Gasteiger partial charge in [0.1, 0.15) is 17.3 Å². The molecule has 1 amide bonds. The number of hydrogen-bond donors (Lipinski definition) is 1. The molecular formula is C12H7ClF3N3O. The summed E-state index contributed by atoms with van der Waals surface area (Å²) in [5.74, 6) is -0.427. The number of carbonyl (C=O) groups excluding carboxylic acids is 1. The Morgan fingerprint density at radius 1 is 1.15 bits per heavy atom. The number of halogens is 4. The molecule has 0 fully saturated rings. The van der Waals surface area contributed by atoms with Gasteiger partial charge in [0, 0.05) is 11.6 Å². The number of nitrogens with one attached hydrogen (secondary N) is 1. The Morgan fingerprint density at radius 3 is 2.35 bits per heavy atom. The van der Waals surface area contributed by atoms with Crippen LogP contribution in [0.2, 0.25) is 5.15 Å². The Kier molecular flexibility index (Phi) is 3.89. The molecule has 20 heavy (non-hydrogen) atoms. The van der Waals surface area contributed by atoms with Crippen LogP contribution in [0.15, 0.2) is 36.7 Å². The zero-order valence-corrected chi connectivity index (χ0v) is 10.5. The molecule has 1 heterocycles. The lowest BCUT2D eigenvalue weighted by molar-refractivity contribution is -0.137. The molecule has 0 aliphatic carbocycles. The molecule has 0 aliphatic heterocycles. The van der Waals surface area contributed by atoms with Crippen molar-refractivity contribution in [1.82, 2.24) is 9.97 Å². The van der Waals surface area contributed by atoms with Crippen molar-refractivity contribution in [3.63, 3.8) is 0 Å². The number of benzene rings is 1. The van der Waals surface area contributed by atoms with Crippen molar-refractivity contribution in [3.8, 4) is 0 Å². The number of aromatic nitrogens is 2. The van der Waals surface area contributed by atoms with E-state index in [0.717, 1.165) is 30.6 Å². The lowest BCUT2D eigenvalue weighted by Crippen LogP contribution is -2.13. The van der Waals surface area contributed by atoms with Crippen LogP contribution in [0.3, 0.4) is 0 Å². The van der Waals surface area contributed by atoms with Gasteiger partial charge in [-0.2, -0.15) is 13.2 Å². The van der Waals surface area contributed by atoms with Crippen LogP contribution < -0.4 is 5.32 Å². The van der Waals surface area contributed by atoms with Crippen LogP contribution in [-0.4, -0.2) is 15.9 Å². The van der Waals surface area contributed by atoms with Gasteiger partial charge in [-0.25, -0.2) is 9.97 Å². The Morgan fingerprint density at radius 2 is 1.80 bits per heavy atom. The summed E-state index contributed by atoms with van der Waals surface area (Å²) >= 11 is 5.62. The highest BCUT2D eigenvalue weighted by Gasteiger charge is 2.30. The molecule has 0 radical (unpaired) electrons. The van der Waals surface area contributed by atoms with Crippen molar-refractivity contribution >= 4 is 23.3 Å².